The Morgan fingerprint density at radius 1 is 0.826 bits per heavy atom. The second kappa shape index (κ2) is 6.61. The van der Waals surface area contributed by atoms with E-state index in [1.54, 1.807) is 12.1 Å². The molecule has 0 bridgehead atoms. The highest BCUT2D eigenvalue weighted by molar-refractivity contribution is 6.52. The van der Waals surface area contributed by atoms with Crippen molar-refractivity contribution in [1.29, 1.82) is 0 Å². The molecule has 0 fully saturated rings. The molecule has 3 nitrogen and oxygen atoms in total. The zero-order valence-electron chi connectivity index (χ0n) is 13.8. The Bertz CT molecular complexity index is 814. The first-order valence-corrected chi connectivity index (χ1v) is 7.44. The van der Waals surface area contributed by atoms with Gasteiger partial charge >= 0.3 is 5.97 Å². The van der Waals surface area contributed by atoms with Crippen LogP contribution < -0.4 is 0 Å². The van der Waals surface area contributed by atoms with E-state index in [1.807, 2.05) is 58.0 Å². The average Bonchev–Trinajstić information content (AvgIpc) is 2.50. The molecule has 0 amide bonds. The maximum atomic E-state index is 12.1. The molecule has 0 unspecified atom stereocenters. The predicted molar refractivity (Wildman–Crippen MR) is 92.3 cm³/mol. The predicted octanol–water partition coefficient (Wildman–Crippen LogP) is 4.11. The van der Waals surface area contributed by atoms with Gasteiger partial charge in [0.1, 0.15) is 0 Å². The fourth-order valence-corrected chi connectivity index (χ4v) is 2.33. The molecule has 0 aromatic heterocycles. The standard InChI is InChI=1S/C20H20O3/c1-12-5-7-16(9-14(12)3)11-18(19(21)20(22)23)17-8-6-13(2)15(4)10-17/h5-11H,1-4H3,(H,22,23)/b18-11-. The maximum absolute atomic E-state index is 12.1. The van der Waals surface area contributed by atoms with Crippen molar-refractivity contribution in [1.82, 2.24) is 0 Å². The summed E-state index contributed by atoms with van der Waals surface area (Å²) in [6, 6.07) is 11.3. The van der Waals surface area contributed by atoms with E-state index < -0.39 is 11.8 Å². The van der Waals surface area contributed by atoms with Crippen molar-refractivity contribution < 1.29 is 14.7 Å². The number of carbonyl (C=O) groups is 2. The SMILES string of the molecule is Cc1ccc(/C=C(\C(=O)C(=O)O)c2ccc(C)c(C)c2)cc1C. The number of aliphatic carboxylic acids is 1. The largest absolute Gasteiger partial charge is 0.475 e. The van der Waals surface area contributed by atoms with Crippen LogP contribution >= 0.6 is 0 Å². The number of carboxylic acid groups (broad SMARTS) is 1. The number of Topliss-reactive ketones (excluding diaryl/α,β-unsaturated/α-hetero) is 1. The first kappa shape index (κ1) is 16.7. The molecular formula is C20H20O3. The van der Waals surface area contributed by atoms with Crippen LogP contribution in [0.5, 0.6) is 0 Å². The summed E-state index contributed by atoms with van der Waals surface area (Å²) in [5.41, 5.74) is 6.01. The van der Waals surface area contributed by atoms with Crippen molar-refractivity contribution in [3.05, 3.63) is 69.8 Å². The quantitative estimate of drug-likeness (QED) is 0.525. The first-order valence-electron chi connectivity index (χ1n) is 7.44. The van der Waals surface area contributed by atoms with Crippen LogP contribution in [0.1, 0.15) is 33.4 Å². The van der Waals surface area contributed by atoms with Crippen molar-refractivity contribution >= 4 is 23.4 Å². The molecule has 118 valence electrons. The lowest BCUT2D eigenvalue weighted by molar-refractivity contribution is -0.146. The van der Waals surface area contributed by atoms with E-state index in [9.17, 15) is 9.59 Å². The zero-order valence-corrected chi connectivity index (χ0v) is 13.8. The molecule has 0 aliphatic carbocycles. The van der Waals surface area contributed by atoms with Gasteiger partial charge in [0.05, 0.1) is 0 Å². The topological polar surface area (TPSA) is 54.4 Å². The second-order valence-electron chi connectivity index (χ2n) is 5.84. The molecule has 23 heavy (non-hydrogen) atoms. The molecule has 1 N–H and O–H groups in total. The second-order valence-corrected chi connectivity index (χ2v) is 5.84. The van der Waals surface area contributed by atoms with Gasteiger partial charge in [-0.15, -0.1) is 0 Å². The molecule has 2 aromatic rings. The minimum atomic E-state index is -1.45. The number of rotatable bonds is 4. The number of benzene rings is 2. The number of aryl methyl sites for hydroxylation is 4. The van der Waals surface area contributed by atoms with Crippen LogP contribution in [0.15, 0.2) is 36.4 Å². The Labute approximate surface area is 136 Å². The molecular weight excluding hydrogens is 288 g/mol. The van der Waals surface area contributed by atoms with Gasteiger partial charge in [-0.1, -0.05) is 36.4 Å². The fraction of sp³-hybridized carbons (Fsp3) is 0.200. The monoisotopic (exact) mass is 308 g/mol. The van der Waals surface area contributed by atoms with E-state index in [0.717, 1.165) is 27.8 Å². The average molecular weight is 308 g/mol. The van der Waals surface area contributed by atoms with Crippen LogP contribution in [-0.4, -0.2) is 16.9 Å². The van der Waals surface area contributed by atoms with E-state index in [-0.39, 0.29) is 5.57 Å². The summed E-state index contributed by atoms with van der Waals surface area (Å²) in [6.07, 6.45) is 1.65. The van der Waals surface area contributed by atoms with E-state index in [0.29, 0.717) is 5.56 Å². The third-order valence-electron chi connectivity index (χ3n) is 4.10. The van der Waals surface area contributed by atoms with Gasteiger partial charge in [-0.25, -0.2) is 4.79 Å². The molecule has 0 spiro atoms. The zero-order chi connectivity index (χ0) is 17.1. The van der Waals surface area contributed by atoms with Crippen LogP contribution in [0.25, 0.3) is 11.6 Å². The number of carboxylic acids is 1. The van der Waals surface area contributed by atoms with Crippen molar-refractivity contribution in [2.75, 3.05) is 0 Å². The van der Waals surface area contributed by atoms with E-state index >= 15 is 0 Å². The fourth-order valence-electron chi connectivity index (χ4n) is 2.33. The van der Waals surface area contributed by atoms with Gasteiger partial charge in [0.15, 0.2) is 0 Å². The highest BCUT2D eigenvalue weighted by Gasteiger charge is 2.20. The third-order valence-corrected chi connectivity index (χ3v) is 4.10. The smallest absolute Gasteiger partial charge is 0.377 e. The van der Waals surface area contributed by atoms with Gasteiger partial charge < -0.3 is 5.11 Å². The highest BCUT2D eigenvalue weighted by Crippen LogP contribution is 2.23. The molecule has 0 radical (unpaired) electrons. The summed E-state index contributed by atoms with van der Waals surface area (Å²) in [7, 11) is 0. The van der Waals surface area contributed by atoms with Crippen molar-refractivity contribution in [3.8, 4) is 0 Å². The minimum Gasteiger partial charge on any atom is -0.475 e. The van der Waals surface area contributed by atoms with Crippen molar-refractivity contribution in [2.24, 2.45) is 0 Å². The summed E-state index contributed by atoms with van der Waals surface area (Å²) in [5.74, 6) is -2.34. The Morgan fingerprint density at radius 2 is 1.39 bits per heavy atom. The molecule has 0 saturated carbocycles. The molecule has 2 rings (SSSR count). The van der Waals surface area contributed by atoms with Crippen molar-refractivity contribution in [2.45, 2.75) is 27.7 Å². The molecule has 0 saturated heterocycles. The number of hydrogen-bond donors (Lipinski definition) is 1. The number of hydrogen-bond acceptors (Lipinski definition) is 2. The number of ketones is 1. The molecule has 0 aliphatic rings. The molecule has 3 heteroatoms. The van der Waals surface area contributed by atoms with E-state index in [2.05, 4.69) is 0 Å². The van der Waals surface area contributed by atoms with Crippen LogP contribution in [0.4, 0.5) is 0 Å². The normalized spacial score (nSPS) is 11.4. The summed E-state index contributed by atoms with van der Waals surface area (Å²) >= 11 is 0. The Balaban J connectivity index is 2.59. The number of carbonyl (C=O) groups excluding carboxylic acids is 1. The summed E-state index contributed by atoms with van der Waals surface area (Å²) in [4.78, 5) is 23.3. The summed E-state index contributed by atoms with van der Waals surface area (Å²) in [6.45, 7) is 7.92. The summed E-state index contributed by atoms with van der Waals surface area (Å²) < 4.78 is 0. The van der Waals surface area contributed by atoms with Crippen LogP contribution in [0.3, 0.4) is 0 Å². The minimum absolute atomic E-state index is 0.198. The van der Waals surface area contributed by atoms with E-state index in [1.165, 1.54) is 0 Å². The maximum Gasteiger partial charge on any atom is 0.377 e. The molecule has 0 atom stereocenters. The Hall–Kier alpha value is -2.68. The molecule has 2 aromatic carbocycles. The van der Waals surface area contributed by atoms with Gasteiger partial charge in [-0.3, -0.25) is 4.79 Å². The van der Waals surface area contributed by atoms with Gasteiger partial charge in [-0.05, 0) is 67.2 Å². The van der Waals surface area contributed by atoms with Gasteiger partial charge in [-0.2, -0.15) is 0 Å². The van der Waals surface area contributed by atoms with E-state index in [4.69, 9.17) is 5.11 Å². The highest BCUT2D eigenvalue weighted by atomic mass is 16.4. The van der Waals surface area contributed by atoms with Gasteiger partial charge in [0.2, 0.25) is 0 Å². The lowest BCUT2D eigenvalue weighted by Gasteiger charge is -2.09. The van der Waals surface area contributed by atoms with Crippen LogP contribution in [-0.2, 0) is 9.59 Å². The summed E-state index contributed by atoms with van der Waals surface area (Å²) in [5, 5.41) is 9.12. The van der Waals surface area contributed by atoms with Crippen molar-refractivity contribution in [3.63, 3.8) is 0 Å². The van der Waals surface area contributed by atoms with Crippen LogP contribution in [0, 0.1) is 27.7 Å². The Morgan fingerprint density at radius 3 is 1.91 bits per heavy atom. The molecule has 0 heterocycles. The lowest BCUT2D eigenvalue weighted by Crippen LogP contribution is -2.14. The van der Waals surface area contributed by atoms with Crippen LogP contribution in [0.2, 0.25) is 0 Å². The molecule has 0 aliphatic heterocycles. The first-order chi connectivity index (χ1) is 10.8. The van der Waals surface area contributed by atoms with Gasteiger partial charge in [0, 0.05) is 5.57 Å². The third kappa shape index (κ3) is 3.75. The Kier molecular flexibility index (Phi) is 4.80. The van der Waals surface area contributed by atoms with Gasteiger partial charge in [0.25, 0.3) is 5.78 Å². The lowest BCUT2D eigenvalue weighted by atomic mass is 9.95.